The average molecular weight is 431 g/mol. The van der Waals surface area contributed by atoms with E-state index in [2.05, 4.69) is 4.72 Å². The van der Waals surface area contributed by atoms with Crippen molar-refractivity contribution < 1.29 is 17.9 Å². The van der Waals surface area contributed by atoms with Crippen molar-refractivity contribution in [1.82, 2.24) is 4.90 Å². The van der Waals surface area contributed by atoms with Gasteiger partial charge in [0.05, 0.1) is 17.6 Å². The van der Waals surface area contributed by atoms with Crippen molar-refractivity contribution in [3.8, 4) is 0 Å². The van der Waals surface area contributed by atoms with E-state index in [0.717, 1.165) is 5.56 Å². The van der Waals surface area contributed by atoms with Gasteiger partial charge in [0, 0.05) is 24.3 Å². The van der Waals surface area contributed by atoms with Crippen molar-refractivity contribution in [3.63, 3.8) is 0 Å². The Morgan fingerprint density at radius 1 is 1.13 bits per heavy atom. The lowest BCUT2D eigenvalue weighted by molar-refractivity contribution is -0.0124. The van der Waals surface area contributed by atoms with E-state index in [1.165, 1.54) is 0 Å². The van der Waals surface area contributed by atoms with E-state index in [9.17, 15) is 13.2 Å². The van der Waals surface area contributed by atoms with E-state index >= 15 is 0 Å². The van der Waals surface area contributed by atoms with Crippen LogP contribution in [0.25, 0.3) is 0 Å². The van der Waals surface area contributed by atoms with Gasteiger partial charge in [0.2, 0.25) is 0 Å². The Hall–Kier alpha value is -2.38. The number of rotatable bonds is 4. The number of aryl methyl sites for hydroxylation is 1. The summed E-state index contributed by atoms with van der Waals surface area (Å²) in [6.45, 7) is 11.5. The maximum Gasteiger partial charge on any atom is 0.262 e. The third-order valence-electron chi connectivity index (χ3n) is 5.26. The molecule has 30 heavy (non-hydrogen) atoms. The molecule has 2 aromatic rings. The number of carbonyl (C=O) groups is 1. The van der Waals surface area contributed by atoms with E-state index in [1.54, 1.807) is 42.2 Å². The SMILES string of the molecule is Cc1ccc(C(C)(C)C)cc1S(=O)(=O)Nc1ccc(C(=O)N2CCOC(C)C2)cc1. The number of carbonyl (C=O) groups excluding carboxylic acids is 1. The molecule has 7 heteroatoms. The van der Waals surface area contributed by atoms with Crippen LogP contribution in [-0.2, 0) is 20.2 Å². The molecule has 0 aromatic heterocycles. The fourth-order valence-electron chi connectivity index (χ4n) is 3.43. The molecule has 2 aromatic carbocycles. The molecule has 1 unspecified atom stereocenters. The molecule has 1 heterocycles. The second-order valence-corrected chi connectivity index (χ2v) is 10.5. The van der Waals surface area contributed by atoms with E-state index < -0.39 is 10.0 Å². The first kappa shape index (κ1) is 22.3. The van der Waals surface area contributed by atoms with Crippen LogP contribution in [0.5, 0.6) is 0 Å². The van der Waals surface area contributed by atoms with Gasteiger partial charge < -0.3 is 9.64 Å². The minimum Gasteiger partial charge on any atom is -0.375 e. The van der Waals surface area contributed by atoms with Crippen LogP contribution >= 0.6 is 0 Å². The summed E-state index contributed by atoms with van der Waals surface area (Å²) in [6.07, 6.45) is 0.0147. The predicted molar refractivity (Wildman–Crippen MR) is 118 cm³/mol. The lowest BCUT2D eigenvalue weighted by Gasteiger charge is -2.31. The van der Waals surface area contributed by atoms with E-state index in [-0.39, 0.29) is 22.3 Å². The van der Waals surface area contributed by atoms with Gasteiger partial charge in [-0.05, 0) is 60.7 Å². The highest BCUT2D eigenvalue weighted by atomic mass is 32.2. The quantitative estimate of drug-likeness (QED) is 0.797. The predicted octanol–water partition coefficient (Wildman–Crippen LogP) is 3.95. The summed E-state index contributed by atoms with van der Waals surface area (Å²) in [5.74, 6) is -0.0757. The van der Waals surface area contributed by atoms with Crippen molar-refractivity contribution in [1.29, 1.82) is 0 Å². The Morgan fingerprint density at radius 3 is 2.40 bits per heavy atom. The highest BCUT2D eigenvalue weighted by molar-refractivity contribution is 7.92. The molecule has 6 nitrogen and oxygen atoms in total. The number of sulfonamides is 1. The Balaban J connectivity index is 1.79. The number of anilines is 1. The molecule has 1 atom stereocenters. The molecule has 1 saturated heterocycles. The summed E-state index contributed by atoms with van der Waals surface area (Å²) >= 11 is 0. The van der Waals surface area contributed by atoms with Crippen LogP contribution < -0.4 is 4.72 Å². The largest absolute Gasteiger partial charge is 0.375 e. The van der Waals surface area contributed by atoms with Crippen LogP contribution in [0.2, 0.25) is 0 Å². The fraction of sp³-hybridized carbons (Fsp3) is 0.435. The highest BCUT2D eigenvalue weighted by Gasteiger charge is 2.24. The highest BCUT2D eigenvalue weighted by Crippen LogP contribution is 2.28. The van der Waals surface area contributed by atoms with Gasteiger partial charge in [0.15, 0.2) is 0 Å². The second-order valence-electron chi connectivity index (χ2n) is 8.85. The Labute approximate surface area is 179 Å². The molecule has 1 fully saturated rings. The van der Waals surface area contributed by atoms with Gasteiger partial charge >= 0.3 is 0 Å². The van der Waals surface area contributed by atoms with Crippen molar-refractivity contribution in [2.24, 2.45) is 0 Å². The van der Waals surface area contributed by atoms with Gasteiger partial charge in [-0.3, -0.25) is 9.52 Å². The van der Waals surface area contributed by atoms with Crippen LogP contribution in [0.3, 0.4) is 0 Å². The minimum absolute atomic E-state index is 0.0147. The molecule has 0 aliphatic carbocycles. The lowest BCUT2D eigenvalue weighted by atomic mass is 9.87. The molecular formula is C23H30N2O4S. The smallest absolute Gasteiger partial charge is 0.262 e. The summed E-state index contributed by atoms with van der Waals surface area (Å²) in [4.78, 5) is 14.7. The minimum atomic E-state index is -3.75. The van der Waals surface area contributed by atoms with Gasteiger partial charge in [-0.25, -0.2) is 8.42 Å². The number of ether oxygens (including phenoxy) is 1. The number of morpholine rings is 1. The standard InChI is InChI=1S/C23H30N2O4S/c1-16-6-9-19(23(3,4)5)14-21(16)30(27,28)24-20-10-7-18(8-11-20)22(26)25-12-13-29-17(2)15-25/h6-11,14,17,24H,12-13,15H2,1-5H3. The van der Waals surface area contributed by atoms with Gasteiger partial charge in [0.25, 0.3) is 15.9 Å². The van der Waals surface area contributed by atoms with Crippen molar-refractivity contribution in [2.75, 3.05) is 24.4 Å². The van der Waals surface area contributed by atoms with Crippen LogP contribution in [0.1, 0.15) is 49.2 Å². The van der Waals surface area contributed by atoms with Gasteiger partial charge in [0.1, 0.15) is 0 Å². The average Bonchev–Trinajstić information content (AvgIpc) is 2.67. The molecule has 3 rings (SSSR count). The Kier molecular flexibility index (Phi) is 6.24. The summed E-state index contributed by atoms with van der Waals surface area (Å²) in [5, 5.41) is 0. The van der Waals surface area contributed by atoms with Crippen molar-refractivity contribution in [2.45, 2.75) is 51.0 Å². The molecule has 1 aliphatic heterocycles. The zero-order valence-corrected chi connectivity index (χ0v) is 19.0. The third-order valence-corrected chi connectivity index (χ3v) is 6.78. The second kappa shape index (κ2) is 8.40. The lowest BCUT2D eigenvalue weighted by Crippen LogP contribution is -2.44. The molecule has 1 N–H and O–H groups in total. The molecule has 0 spiro atoms. The monoisotopic (exact) mass is 430 g/mol. The summed E-state index contributed by atoms with van der Waals surface area (Å²) in [5.41, 5.74) is 2.43. The first-order valence-electron chi connectivity index (χ1n) is 10.1. The topological polar surface area (TPSA) is 75.7 Å². The fourth-order valence-corrected chi connectivity index (χ4v) is 4.76. The zero-order valence-electron chi connectivity index (χ0n) is 18.2. The molecule has 0 saturated carbocycles. The number of hydrogen-bond donors (Lipinski definition) is 1. The maximum absolute atomic E-state index is 13.0. The number of nitrogens with zero attached hydrogens (tertiary/aromatic N) is 1. The molecular weight excluding hydrogens is 400 g/mol. The zero-order chi connectivity index (χ0) is 22.1. The number of benzene rings is 2. The molecule has 0 bridgehead atoms. The van der Waals surface area contributed by atoms with Crippen LogP contribution in [0.4, 0.5) is 5.69 Å². The molecule has 0 radical (unpaired) electrons. The summed E-state index contributed by atoms with van der Waals surface area (Å²) in [7, 11) is -3.75. The van der Waals surface area contributed by atoms with E-state index in [0.29, 0.717) is 36.5 Å². The normalized spacial score (nSPS) is 17.6. The van der Waals surface area contributed by atoms with Gasteiger partial charge in [-0.2, -0.15) is 0 Å². The number of nitrogens with one attached hydrogen (secondary N) is 1. The van der Waals surface area contributed by atoms with E-state index in [1.807, 2.05) is 39.8 Å². The first-order chi connectivity index (χ1) is 14.0. The Bertz CT molecular complexity index is 1020. The third kappa shape index (κ3) is 5.02. The van der Waals surface area contributed by atoms with Gasteiger partial charge in [-0.1, -0.05) is 32.9 Å². The van der Waals surface area contributed by atoms with E-state index in [4.69, 9.17) is 4.74 Å². The summed E-state index contributed by atoms with van der Waals surface area (Å²) in [6, 6.07) is 12.1. The summed E-state index contributed by atoms with van der Waals surface area (Å²) < 4.78 is 34.1. The Morgan fingerprint density at radius 2 is 1.80 bits per heavy atom. The van der Waals surface area contributed by atoms with Gasteiger partial charge in [-0.15, -0.1) is 0 Å². The van der Waals surface area contributed by atoms with Crippen LogP contribution in [-0.4, -0.2) is 45.0 Å². The molecule has 162 valence electrons. The molecule has 1 amide bonds. The number of amides is 1. The van der Waals surface area contributed by atoms with Crippen LogP contribution in [0.15, 0.2) is 47.4 Å². The van der Waals surface area contributed by atoms with Crippen molar-refractivity contribution >= 4 is 21.6 Å². The first-order valence-corrected chi connectivity index (χ1v) is 11.6. The van der Waals surface area contributed by atoms with Crippen LogP contribution in [0, 0.1) is 6.92 Å². The van der Waals surface area contributed by atoms with Crippen molar-refractivity contribution in [3.05, 3.63) is 59.2 Å². The number of hydrogen-bond acceptors (Lipinski definition) is 4. The molecule has 1 aliphatic rings. The maximum atomic E-state index is 13.0.